The van der Waals surface area contributed by atoms with Gasteiger partial charge < -0.3 is 4.74 Å². The Hall–Kier alpha value is -3.54. The molecule has 2 aromatic heterocycles. The van der Waals surface area contributed by atoms with Gasteiger partial charge in [-0.05, 0) is 38.1 Å². The molecule has 6 nitrogen and oxygen atoms in total. The number of hydrogen-bond acceptors (Lipinski definition) is 6. The van der Waals surface area contributed by atoms with Gasteiger partial charge in [0.2, 0.25) is 11.9 Å². The lowest BCUT2D eigenvalue weighted by Gasteiger charge is -2.10. The highest BCUT2D eigenvalue weighted by molar-refractivity contribution is 5.83. The Kier molecular flexibility index (Phi) is 4.38. The molecule has 0 spiro atoms. The zero-order valence-electron chi connectivity index (χ0n) is 15.4. The average molecular weight is 357 g/mol. The van der Waals surface area contributed by atoms with Crippen LogP contribution < -0.4 is 10.1 Å². The molecule has 2 heterocycles. The van der Waals surface area contributed by atoms with Crippen molar-refractivity contribution >= 4 is 22.8 Å². The normalized spacial score (nSPS) is 10.8. The zero-order chi connectivity index (χ0) is 18.8. The summed E-state index contributed by atoms with van der Waals surface area (Å²) in [5.74, 6) is 1.72. The number of methoxy groups -OCH3 is 1. The SMILES string of the molecule is COc1ccc2nc(Nc3nc(C)cc(-c4ccccc4)n3)nc(C)c2c1. The molecular weight excluding hydrogens is 338 g/mol. The highest BCUT2D eigenvalue weighted by Gasteiger charge is 2.09. The fourth-order valence-corrected chi connectivity index (χ4v) is 2.92. The van der Waals surface area contributed by atoms with Crippen LogP contribution in [0.2, 0.25) is 0 Å². The number of rotatable bonds is 4. The third-order valence-electron chi connectivity index (χ3n) is 4.24. The standard InChI is InChI=1S/C21H19N5O/c1-13-11-19(15-7-5-4-6-8-15)25-20(22-13)26-21-23-14(2)17-12-16(27-3)9-10-18(17)24-21/h4-12H,1-3H3,(H,22,23,24,25,26). The lowest BCUT2D eigenvalue weighted by Crippen LogP contribution is -2.04. The number of aromatic nitrogens is 4. The van der Waals surface area contributed by atoms with E-state index in [2.05, 4.69) is 25.3 Å². The zero-order valence-corrected chi connectivity index (χ0v) is 15.4. The van der Waals surface area contributed by atoms with E-state index < -0.39 is 0 Å². The maximum absolute atomic E-state index is 5.28. The maximum Gasteiger partial charge on any atom is 0.230 e. The highest BCUT2D eigenvalue weighted by atomic mass is 16.5. The second-order valence-corrected chi connectivity index (χ2v) is 6.22. The summed E-state index contributed by atoms with van der Waals surface area (Å²) in [6.07, 6.45) is 0. The van der Waals surface area contributed by atoms with Crippen LogP contribution in [-0.2, 0) is 0 Å². The number of hydrogen-bond donors (Lipinski definition) is 1. The summed E-state index contributed by atoms with van der Waals surface area (Å²) in [6, 6.07) is 17.7. The molecule has 0 amide bonds. The molecule has 0 atom stereocenters. The molecule has 0 radical (unpaired) electrons. The van der Waals surface area contributed by atoms with Crippen LogP contribution >= 0.6 is 0 Å². The molecule has 0 aliphatic heterocycles. The Balaban J connectivity index is 1.71. The van der Waals surface area contributed by atoms with Crippen LogP contribution in [0.3, 0.4) is 0 Å². The van der Waals surface area contributed by atoms with E-state index in [4.69, 9.17) is 4.74 Å². The Morgan fingerprint density at radius 3 is 2.37 bits per heavy atom. The lowest BCUT2D eigenvalue weighted by molar-refractivity contribution is 0.415. The summed E-state index contributed by atoms with van der Waals surface area (Å²) in [6.45, 7) is 3.89. The molecule has 4 rings (SSSR count). The summed E-state index contributed by atoms with van der Waals surface area (Å²) in [7, 11) is 1.65. The van der Waals surface area contributed by atoms with Crippen molar-refractivity contribution in [1.82, 2.24) is 19.9 Å². The van der Waals surface area contributed by atoms with E-state index in [1.54, 1.807) is 7.11 Å². The Labute approximate surface area is 157 Å². The third-order valence-corrected chi connectivity index (χ3v) is 4.24. The Morgan fingerprint density at radius 2 is 1.59 bits per heavy atom. The summed E-state index contributed by atoms with van der Waals surface area (Å²) < 4.78 is 5.28. The molecule has 27 heavy (non-hydrogen) atoms. The lowest BCUT2D eigenvalue weighted by atomic mass is 10.1. The van der Waals surface area contributed by atoms with Gasteiger partial charge in [0.25, 0.3) is 0 Å². The molecule has 0 saturated heterocycles. The summed E-state index contributed by atoms with van der Waals surface area (Å²) in [4.78, 5) is 18.2. The van der Waals surface area contributed by atoms with Crippen molar-refractivity contribution in [3.05, 3.63) is 66.0 Å². The van der Waals surface area contributed by atoms with Gasteiger partial charge in [-0.15, -0.1) is 0 Å². The monoisotopic (exact) mass is 357 g/mol. The van der Waals surface area contributed by atoms with Gasteiger partial charge >= 0.3 is 0 Å². The Bertz CT molecular complexity index is 1110. The maximum atomic E-state index is 5.28. The quantitative estimate of drug-likeness (QED) is 0.581. The number of benzene rings is 2. The molecule has 2 aromatic carbocycles. The fourth-order valence-electron chi connectivity index (χ4n) is 2.92. The van der Waals surface area contributed by atoms with Crippen LogP contribution in [-0.4, -0.2) is 27.0 Å². The van der Waals surface area contributed by atoms with Gasteiger partial charge in [-0.25, -0.2) is 19.9 Å². The van der Waals surface area contributed by atoms with Crippen molar-refractivity contribution in [2.75, 3.05) is 12.4 Å². The molecule has 1 N–H and O–H groups in total. The van der Waals surface area contributed by atoms with Gasteiger partial charge in [-0.1, -0.05) is 30.3 Å². The van der Waals surface area contributed by atoms with Gasteiger partial charge in [-0.3, -0.25) is 5.32 Å². The van der Waals surface area contributed by atoms with Crippen molar-refractivity contribution in [2.24, 2.45) is 0 Å². The van der Waals surface area contributed by atoms with E-state index in [1.165, 1.54) is 0 Å². The van der Waals surface area contributed by atoms with Crippen LogP contribution in [0.5, 0.6) is 5.75 Å². The molecule has 0 fully saturated rings. The average Bonchev–Trinajstić information content (AvgIpc) is 2.68. The van der Waals surface area contributed by atoms with Crippen molar-refractivity contribution in [1.29, 1.82) is 0 Å². The highest BCUT2D eigenvalue weighted by Crippen LogP contribution is 2.24. The topological polar surface area (TPSA) is 72.8 Å². The van der Waals surface area contributed by atoms with Gasteiger partial charge in [-0.2, -0.15) is 0 Å². The largest absolute Gasteiger partial charge is 0.497 e. The van der Waals surface area contributed by atoms with Gasteiger partial charge in [0, 0.05) is 16.6 Å². The number of anilines is 2. The summed E-state index contributed by atoms with van der Waals surface area (Å²) >= 11 is 0. The molecular formula is C21H19N5O. The second kappa shape index (κ2) is 6.99. The molecule has 0 aliphatic rings. The van der Waals surface area contributed by atoms with E-state index in [9.17, 15) is 0 Å². The molecule has 134 valence electrons. The molecule has 0 bridgehead atoms. The first-order valence-electron chi connectivity index (χ1n) is 8.63. The van der Waals surface area contributed by atoms with Crippen LogP contribution in [0.15, 0.2) is 54.6 Å². The van der Waals surface area contributed by atoms with Gasteiger partial charge in [0.1, 0.15) is 5.75 Å². The predicted molar refractivity (Wildman–Crippen MR) is 106 cm³/mol. The minimum absolute atomic E-state index is 0.467. The van der Waals surface area contributed by atoms with E-state index in [0.717, 1.165) is 39.3 Å². The van der Waals surface area contributed by atoms with E-state index in [1.807, 2.05) is 68.4 Å². The predicted octanol–water partition coefficient (Wildman–Crippen LogP) is 4.46. The number of aryl methyl sites for hydroxylation is 2. The number of nitrogens with one attached hydrogen (secondary N) is 1. The second-order valence-electron chi connectivity index (χ2n) is 6.22. The van der Waals surface area contributed by atoms with E-state index >= 15 is 0 Å². The molecule has 0 aliphatic carbocycles. The first-order chi connectivity index (χ1) is 13.1. The first-order valence-corrected chi connectivity index (χ1v) is 8.63. The van der Waals surface area contributed by atoms with Crippen molar-refractivity contribution in [3.8, 4) is 17.0 Å². The number of nitrogens with zero attached hydrogens (tertiary/aromatic N) is 4. The third kappa shape index (κ3) is 3.55. The van der Waals surface area contributed by atoms with Gasteiger partial charge in [0.15, 0.2) is 0 Å². The van der Waals surface area contributed by atoms with Crippen LogP contribution in [0.1, 0.15) is 11.4 Å². The first kappa shape index (κ1) is 16.9. The summed E-state index contributed by atoms with van der Waals surface area (Å²) in [5.41, 5.74) is 4.45. The molecule has 0 unspecified atom stereocenters. The number of ether oxygens (including phenoxy) is 1. The van der Waals surface area contributed by atoms with Crippen LogP contribution in [0.4, 0.5) is 11.9 Å². The minimum Gasteiger partial charge on any atom is -0.497 e. The molecule has 6 heteroatoms. The van der Waals surface area contributed by atoms with Crippen LogP contribution in [0, 0.1) is 13.8 Å². The van der Waals surface area contributed by atoms with E-state index in [0.29, 0.717) is 11.9 Å². The van der Waals surface area contributed by atoms with Crippen molar-refractivity contribution < 1.29 is 4.74 Å². The molecule has 0 saturated carbocycles. The smallest absolute Gasteiger partial charge is 0.230 e. The Morgan fingerprint density at radius 1 is 0.815 bits per heavy atom. The molecule has 4 aromatic rings. The van der Waals surface area contributed by atoms with Crippen molar-refractivity contribution in [3.63, 3.8) is 0 Å². The fraction of sp³-hybridized carbons (Fsp3) is 0.143. The minimum atomic E-state index is 0.467. The van der Waals surface area contributed by atoms with E-state index in [-0.39, 0.29) is 0 Å². The summed E-state index contributed by atoms with van der Waals surface area (Å²) in [5, 5.41) is 4.09. The number of fused-ring (bicyclic) bond motifs is 1. The van der Waals surface area contributed by atoms with Gasteiger partial charge in [0.05, 0.1) is 24.0 Å². The van der Waals surface area contributed by atoms with Crippen molar-refractivity contribution in [2.45, 2.75) is 13.8 Å². The van der Waals surface area contributed by atoms with Crippen LogP contribution in [0.25, 0.3) is 22.2 Å².